The number of esters is 1. The number of amides is 1. The molecule has 0 aliphatic carbocycles. The average molecular weight is 373 g/mol. The van der Waals surface area contributed by atoms with Gasteiger partial charge in [-0.3, -0.25) is 14.5 Å². The number of rotatable bonds is 6. The van der Waals surface area contributed by atoms with Crippen LogP contribution in [0.4, 0.5) is 0 Å². The number of likely N-dealkylation sites (tertiary alicyclic amines) is 2. The van der Waals surface area contributed by atoms with Gasteiger partial charge in [0.15, 0.2) is 0 Å². The van der Waals surface area contributed by atoms with Gasteiger partial charge in [0.1, 0.15) is 0 Å². The maximum atomic E-state index is 12.6. The van der Waals surface area contributed by atoms with Gasteiger partial charge < -0.3 is 9.64 Å². The van der Waals surface area contributed by atoms with Crippen molar-refractivity contribution in [1.29, 1.82) is 0 Å². The Balaban J connectivity index is 1.34. The van der Waals surface area contributed by atoms with Crippen molar-refractivity contribution in [1.82, 2.24) is 9.80 Å². The summed E-state index contributed by atoms with van der Waals surface area (Å²) in [7, 11) is 1.45. The quantitative estimate of drug-likeness (QED) is 0.721. The zero-order valence-corrected chi connectivity index (χ0v) is 16.4. The van der Waals surface area contributed by atoms with Gasteiger partial charge in [0, 0.05) is 13.1 Å². The molecule has 0 N–H and O–H groups in total. The molecule has 3 rings (SSSR count). The number of piperidine rings is 2. The summed E-state index contributed by atoms with van der Waals surface area (Å²) < 4.78 is 4.83. The molecule has 2 saturated heterocycles. The number of hydrogen-bond acceptors (Lipinski definition) is 4. The van der Waals surface area contributed by atoms with Crippen LogP contribution < -0.4 is 0 Å². The van der Waals surface area contributed by atoms with E-state index in [1.54, 1.807) is 0 Å². The molecule has 1 aromatic rings. The van der Waals surface area contributed by atoms with Crippen LogP contribution >= 0.6 is 0 Å². The monoisotopic (exact) mass is 372 g/mol. The van der Waals surface area contributed by atoms with Crippen molar-refractivity contribution in [3.8, 4) is 0 Å². The molecule has 1 amide bonds. The fourth-order valence-electron chi connectivity index (χ4n) is 4.27. The molecule has 2 heterocycles. The van der Waals surface area contributed by atoms with E-state index >= 15 is 0 Å². The number of nitrogens with zero attached hydrogens (tertiary/aromatic N) is 2. The Morgan fingerprint density at radius 3 is 2.30 bits per heavy atom. The molecule has 5 heteroatoms. The van der Waals surface area contributed by atoms with Gasteiger partial charge in [-0.15, -0.1) is 0 Å². The van der Waals surface area contributed by atoms with Crippen molar-refractivity contribution in [2.75, 3.05) is 39.8 Å². The number of hydrogen-bond donors (Lipinski definition) is 0. The third-order valence-electron chi connectivity index (χ3n) is 6.13. The second-order valence-electron chi connectivity index (χ2n) is 7.92. The Morgan fingerprint density at radius 1 is 1.00 bits per heavy atom. The Kier molecular flexibility index (Phi) is 7.27. The molecule has 2 aliphatic heterocycles. The number of aryl methyl sites for hydroxylation is 1. The van der Waals surface area contributed by atoms with Gasteiger partial charge in [0.25, 0.3) is 0 Å². The lowest BCUT2D eigenvalue weighted by molar-refractivity contribution is -0.147. The van der Waals surface area contributed by atoms with Gasteiger partial charge in [-0.05, 0) is 63.1 Å². The van der Waals surface area contributed by atoms with Crippen LogP contribution in [-0.4, -0.2) is 61.5 Å². The van der Waals surface area contributed by atoms with Crippen LogP contribution in [0.25, 0.3) is 0 Å². The van der Waals surface area contributed by atoms with Gasteiger partial charge in [0.2, 0.25) is 5.91 Å². The third kappa shape index (κ3) is 5.80. The van der Waals surface area contributed by atoms with E-state index in [2.05, 4.69) is 35.2 Å². The predicted molar refractivity (Wildman–Crippen MR) is 105 cm³/mol. The summed E-state index contributed by atoms with van der Waals surface area (Å²) in [5, 5.41) is 0. The summed E-state index contributed by atoms with van der Waals surface area (Å²) >= 11 is 0. The van der Waals surface area contributed by atoms with Gasteiger partial charge >= 0.3 is 5.97 Å². The van der Waals surface area contributed by atoms with Crippen molar-refractivity contribution < 1.29 is 14.3 Å². The van der Waals surface area contributed by atoms with E-state index in [-0.39, 0.29) is 17.8 Å². The molecule has 1 aromatic carbocycles. The molecule has 148 valence electrons. The van der Waals surface area contributed by atoms with E-state index in [1.807, 2.05) is 4.90 Å². The fraction of sp³-hybridized carbons (Fsp3) is 0.636. The SMILES string of the molecule is COC(=O)C1CCN(CC(=O)N2CCC(CCc3ccccc3)CC2)CC1. The molecule has 5 nitrogen and oxygen atoms in total. The van der Waals surface area contributed by atoms with E-state index in [0.717, 1.165) is 64.2 Å². The Labute approximate surface area is 162 Å². The molecule has 0 unspecified atom stereocenters. The van der Waals surface area contributed by atoms with E-state index < -0.39 is 0 Å². The van der Waals surface area contributed by atoms with Crippen LogP contribution in [-0.2, 0) is 20.7 Å². The van der Waals surface area contributed by atoms with Crippen LogP contribution in [0.5, 0.6) is 0 Å². The van der Waals surface area contributed by atoms with Crippen LogP contribution in [0.1, 0.15) is 37.7 Å². The third-order valence-corrected chi connectivity index (χ3v) is 6.13. The Bertz CT molecular complexity index is 603. The topological polar surface area (TPSA) is 49.9 Å². The fourth-order valence-corrected chi connectivity index (χ4v) is 4.27. The van der Waals surface area contributed by atoms with E-state index in [0.29, 0.717) is 6.54 Å². The second kappa shape index (κ2) is 9.88. The highest BCUT2D eigenvalue weighted by atomic mass is 16.5. The summed E-state index contributed by atoms with van der Waals surface area (Å²) in [6.07, 6.45) is 6.16. The van der Waals surface area contributed by atoms with Crippen LogP contribution in [0.2, 0.25) is 0 Å². The number of carbonyl (C=O) groups excluding carboxylic acids is 2. The Morgan fingerprint density at radius 2 is 1.67 bits per heavy atom. The molecular formula is C22H32N2O3. The second-order valence-corrected chi connectivity index (χ2v) is 7.92. The van der Waals surface area contributed by atoms with Crippen molar-refractivity contribution in [2.45, 2.75) is 38.5 Å². The normalized spacial score (nSPS) is 19.8. The summed E-state index contributed by atoms with van der Waals surface area (Å²) in [6.45, 7) is 3.87. The van der Waals surface area contributed by atoms with E-state index in [4.69, 9.17) is 4.74 Å². The highest BCUT2D eigenvalue weighted by molar-refractivity contribution is 5.78. The average Bonchev–Trinajstić information content (AvgIpc) is 2.73. The van der Waals surface area contributed by atoms with Gasteiger partial charge in [-0.2, -0.15) is 0 Å². The van der Waals surface area contributed by atoms with Crippen molar-refractivity contribution in [2.24, 2.45) is 11.8 Å². The molecule has 0 spiro atoms. The van der Waals surface area contributed by atoms with Crippen molar-refractivity contribution in [3.63, 3.8) is 0 Å². The first-order valence-corrected chi connectivity index (χ1v) is 10.3. The molecule has 0 atom stereocenters. The minimum absolute atomic E-state index is 0.00158. The highest BCUT2D eigenvalue weighted by Gasteiger charge is 2.28. The number of carbonyl (C=O) groups is 2. The molecular weight excluding hydrogens is 340 g/mol. The van der Waals surface area contributed by atoms with Gasteiger partial charge in [0.05, 0.1) is 19.6 Å². The minimum atomic E-state index is -0.112. The summed E-state index contributed by atoms with van der Waals surface area (Å²) in [5.41, 5.74) is 1.41. The lowest BCUT2D eigenvalue weighted by atomic mass is 9.90. The number of methoxy groups -OCH3 is 1. The number of ether oxygens (including phenoxy) is 1. The Hall–Kier alpha value is -1.88. The minimum Gasteiger partial charge on any atom is -0.469 e. The first-order chi connectivity index (χ1) is 13.2. The molecule has 2 aliphatic rings. The summed E-state index contributed by atoms with van der Waals surface area (Å²) in [4.78, 5) is 28.4. The van der Waals surface area contributed by atoms with Crippen molar-refractivity contribution >= 4 is 11.9 Å². The van der Waals surface area contributed by atoms with Gasteiger partial charge in [-0.1, -0.05) is 30.3 Å². The predicted octanol–water partition coefficient (Wildman–Crippen LogP) is 2.74. The maximum absolute atomic E-state index is 12.6. The van der Waals surface area contributed by atoms with E-state index in [9.17, 15) is 9.59 Å². The highest BCUT2D eigenvalue weighted by Crippen LogP contribution is 2.23. The molecule has 2 fully saturated rings. The largest absolute Gasteiger partial charge is 0.469 e. The van der Waals surface area contributed by atoms with Crippen molar-refractivity contribution in [3.05, 3.63) is 35.9 Å². The van der Waals surface area contributed by atoms with Crippen LogP contribution in [0.15, 0.2) is 30.3 Å². The molecule has 27 heavy (non-hydrogen) atoms. The lowest BCUT2D eigenvalue weighted by Crippen LogP contribution is -2.46. The zero-order chi connectivity index (χ0) is 19.1. The molecule has 0 radical (unpaired) electrons. The zero-order valence-electron chi connectivity index (χ0n) is 16.4. The smallest absolute Gasteiger partial charge is 0.308 e. The molecule has 0 bridgehead atoms. The van der Waals surface area contributed by atoms with Crippen LogP contribution in [0.3, 0.4) is 0 Å². The standard InChI is InChI=1S/C22H32N2O3/c1-27-22(26)20-11-13-23(14-12-20)17-21(25)24-15-9-19(10-16-24)8-7-18-5-3-2-4-6-18/h2-6,19-20H,7-17H2,1H3. The lowest BCUT2D eigenvalue weighted by Gasteiger charge is -2.35. The summed E-state index contributed by atoms with van der Waals surface area (Å²) in [5.74, 6) is 0.860. The molecule has 0 aromatic heterocycles. The first kappa shape index (κ1) is 19.9. The molecule has 0 saturated carbocycles. The van der Waals surface area contributed by atoms with Crippen LogP contribution in [0, 0.1) is 11.8 Å². The van der Waals surface area contributed by atoms with E-state index in [1.165, 1.54) is 19.1 Å². The first-order valence-electron chi connectivity index (χ1n) is 10.3. The summed E-state index contributed by atoms with van der Waals surface area (Å²) in [6, 6.07) is 10.7. The number of benzene rings is 1. The van der Waals surface area contributed by atoms with Gasteiger partial charge in [-0.25, -0.2) is 0 Å². The maximum Gasteiger partial charge on any atom is 0.308 e.